The Hall–Kier alpha value is -3.90. The van der Waals surface area contributed by atoms with Gasteiger partial charge < -0.3 is 28.9 Å². The van der Waals surface area contributed by atoms with Crippen molar-refractivity contribution in [3.63, 3.8) is 0 Å². The Bertz CT molecular complexity index is 1270. The van der Waals surface area contributed by atoms with Crippen molar-refractivity contribution in [2.24, 2.45) is 0 Å². The molecule has 10 nitrogen and oxygen atoms in total. The maximum absolute atomic E-state index is 12.1. The third kappa shape index (κ3) is 9.09. The predicted molar refractivity (Wildman–Crippen MR) is 154 cm³/mol. The predicted octanol–water partition coefficient (Wildman–Crippen LogP) is 4.53. The van der Waals surface area contributed by atoms with Gasteiger partial charge in [0.25, 0.3) is 0 Å². The van der Waals surface area contributed by atoms with E-state index in [0.29, 0.717) is 61.8 Å². The van der Waals surface area contributed by atoms with Gasteiger partial charge in [-0.25, -0.2) is 19.6 Å². The highest BCUT2D eigenvalue weighted by molar-refractivity contribution is 7.79. The first-order valence-electron chi connectivity index (χ1n) is 12.7. The van der Waals surface area contributed by atoms with Crippen LogP contribution in [0.3, 0.4) is 0 Å². The van der Waals surface area contributed by atoms with Gasteiger partial charge in [-0.1, -0.05) is 24.3 Å². The lowest BCUT2D eigenvalue weighted by atomic mass is 10.2. The van der Waals surface area contributed by atoms with E-state index in [1.807, 2.05) is 48.5 Å². The van der Waals surface area contributed by atoms with Crippen molar-refractivity contribution >= 4 is 37.2 Å². The van der Waals surface area contributed by atoms with Gasteiger partial charge in [-0.15, -0.1) is 0 Å². The second kappa shape index (κ2) is 15.0. The molecule has 2 heterocycles. The van der Waals surface area contributed by atoms with Gasteiger partial charge in [0, 0.05) is 23.9 Å². The largest absolute Gasteiger partial charge is 0.494 e. The van der Waals surface area contributed by atoms with Crippen LogP contribution in [0.25, 0.3) is 0 Å². The number of aryl methyl sites for hydroxylation is 2. The number of ether oxygens (including phenoxy) is 4. The van der Waals surface area contributed by atoms with E-state index in [1.54, 1.807) is 12.4 Å². The first-order valence-corrected chi connectivity index (χ1v) is 14.0. The molecule has 0 aliphatic rings. The number of rotatable bonds is 14. The van der Waals surface area contributed by atoms with E-state index in [1.165, 1.54) is 0 Å². The number of nitrogens with one attached hydrogen (secondary N) is 2. The molecule has 0 aliphatic heterocycles. The zero-order chi connectivity index (χ0) is 28.2. The summed E-state index contributed by atoms with van der Waals surface area (Å²) in [7, 11) is 0. The quantitative estimate of drug-likeness (QED) is 0.0739. The summed E-state index contributed by atoms with van der Waals surface area (Å²) in [6.45, 7) is 0.994. The van der Waals surface area contributed by atoms with Gasteiger partial charge in [0.15, 0.2) is 0 Å². The van der Waals surface area contributed by atoms with Crippen LogP contribution >= 0.6 is 25.3 Å². The van der Waals surface area contributed by atoms with E-state index in [-0.39, 0.29) is 12.0 Å². The Kier molecular flexibility index (Phi) is 10.9. The number of thiol groups is 2. The molecule has 0 atom stereocenters. The number of hydrogen-bond donors (Lipinski definition) is 4. The van der Waals surface area contributed by atoms with Crippen LogP contribution in [-0.2, 0) is 33.9 Å². The van der Waals surface area contributed by atoms with Crippen LogP contribution in [0.4, 0.5) is 0 Å². The van der Waals surface area contributed by atoms with Gasteiger partial charge in [-0.2, -0.15) is 25.3 Å². The average molecular weight is 583 g/mol. The number of carbonyl (C=O) groups excluding carboxylic acids is 2. The van der Waals surface area contributed by atoms with Crippen molar-refractivity contribution in [1.82, 2.24) is 19.9 Å². The Morgan fingerprint density at radius 1 is 0.650 bits per heavy atom. The summed E-state index contributed by atoms with van der Waals surface area (Å²) < 4.78 is 21.4. The second-order valence-electron chi connectivity index (χ2n) is 8.68. The number of imidazole rings is 2. The minimum atomic E-state index is -1.22. The minimum absolute atomic E-state index is 0.0967. The molecule has 2 N–H and O–H groups in total. The highest BCUT2D eigenvalue weighted by Crippen LogP contribution is 2.16. The van der Waals surface area contributed by atoms with Crippen LogP contribution in [-0.4, -0.2) is 45.1 Å². The van der Waals surface area contributed by atoms with Crippen molar-refractivity contribution in [3.05, 3.63) is 83.4 Å². The number of H-pyrrole nitrogens is 2. The van der Waals surface area contributed by atoms with Gasteiger partial charge >= 0.3 is 24.0 Å². The zero-order valence-electron chi connectivity index (χ0n) is 21.7. The maximum Gasteiger partial charge on any atom is 0.425 e. The smallest absolute Gasteiger partial charge is 0.425 e. The summed E-state index contributed by atoms with van der Waals surface area (Å²) in [6.07, 6.45) is 5.80. The summed E-state index contributed by atoms with van der Waals surface area (Å²) in [5.74, 6) is 0.485. The van der Waals surface area contributed by atoms with Crippen LogP contribution in [0, 0.1) is 0 Å². The normalized spacial score (nSPS) is 10.8. The number of carbonyl (C=O) groups is 2. The van der Waals surface area contributed by atoms with Crippen molar-refractivity contribution in [1.29, 1.82) is 0 Å². The Balaban J connectivity index is 1.13. The lowest BCUT2D eigenvalue weighted by Gasteiger charge is -2.06. The lowest BCUT2D eigenvalue weighted by molar-refractivity contribution is -0.156. The third-order valence-electron chi connectivity index (χ3n) is 5.66. The molecule has 0 aliphatic carbocycles. The molecule has 2 aromatic carbocycles. The number of esters is 2. The van der Waals surface area contributed by atoms with E-state index < -0.39 is 11.9 Å². The Morgan fingerprint density at radius 2 is 1.05 bits per heavy atom. The molecule has 40 heavy (non-hydrogen) atoms. The SMILES string of the molecule is O=C(Oc1nc(CCCOc2ccc(CS)cc2)c[nH]1)C(=O)Oc1nc(CCCOc2ccc(CS)cc2)c[nH]1. The Morgan fingerprint density at radius 3 is 1.43 bits per heavy atom. The molecule has 0 saturated heterocycles. The fraction of sp³-hybridized carbons (Fsp3) is 0.286. The summed E-state index contributed by atoms with van der Waals surface area (Å²) >= 11 is 8.47. The number of nitrogens with zero attached hydrogens (tertiary/aromatic N) is 2. The molecule has 0 saturated carbocycles. The molecule has 0 amide bonds. The van der Waals surface area contributed by atoms with Crippen LogP contribution < -0.4 is 18.9 Å². The van der Waals surface area contributed by atoms with Gasteiger partial charge in [0.1, 0.15) is 11.5 Å². The molecular weight excluding hydrogens is 552 g/mol. The van der Waals surface area contributed by atoms with Crippen LogP contribution in [0.15, 0.2) is 60.9 Å². The van der Waals surface area contributed by atoms with Crippen LogP contribution in [0.2, 0.25) is 0 Å². The Labute approximate surface area is 242 Å². The zero-order valence-corrected chi connectivity index (χ0v) is 23.5. The summed E-state index contributed by atoms with van der Waals surface area (Å²) in [6, 6.07) is 15.3. The number of aromatic amines is 2. The number of aromatic nitrogens is 4. The minimum Gasteiger partial charge on any atom is -0.494 e. The monoisotopic (exact) mass is 582 g/mol. The highest BCUT2D eigenvalue weighted by Gasteiger charge is 2.22. The van der Waals surface area contributed by atoms with Gasteiger partial charge in [0.2, 0.25) is 0 Å². The standard InChI is InChI=1S/C28H30N4O6S2/c33-25(37-27-29-15-21(31-27)3-1-13-35-23-9-5-19(17-39)6-10-23)26(34)38-28-30-16-22(32-28)4-2-14-36-24-11-7-20(18-40)8-12-24/h5-12,15-16,39-40H,1-4,13-14,17-18H2,(H,29,31)(H,30,32). The molecule has 4 rings (SSSR count). The van der Waals surface area contributed by atoms with Crippen molar-refractivity contribution in [2.75, 3.05) is 13.2 Å². The second-order valence-corrected chi connectivity index (χ2v) is 9.31. The van der Waals surface area contributed by atoms with Gasteiger partial charge in [-0.05, 0) is 61.1 Å². The summed E-state index contributed by atoms with van der Waals surface area (Å²) in [5, 5.41) is 0. The maximum atomic E-state index is 12.1. The highest BCUT2D eigenvalue weighted by atomic mass is 32.1. The van der Waals surface area contributed by atoms with Crippen LogP contribution in [0.5, 0.6) is 23.5 Å². The van der Waals surface area contributed by atoms with Crippen molar-refractivity contribution in [2.45, 2.75) is 37.2 Å². The summed E-state index contributed by atoms with van der Waals surface area (Å²) in [5.41, 5.74) is 3.58. The molecule has 0 fully saturated rings. The van der Waals surface area contributed by atoms with Crippen LogP contribution in [0.1, 0.15) is 35.4 Å². The molecule has 0 spiro atoms. The average Bonchev–Trinajstić information content (AvgIpc) is 3.63. The van der Waals surface area contributed by atoms with E-state index in [4.69, 9.17) is 18.9 Å². The molecular formula is C28H30N4O6S2. The van der Waals surface area contributed by atoms with Gasteiger partial charge in [0.05, 0.1) is 24.6 Å². The van der Waals surface area contributed by atoms with Crippen molar-refractivity contribution < 1.29 is 28.5 Å². The van der Waals surface area contributed by atoms with Gasteiger partial charge in [-0.3, -0.25) is 0 Å². The summed E-state index contributed by atoms with van der Waals surface area (Å²) in [4.78, 5) is 38.1. The molecule has 0 unspecified atom stereocenters. The molecule has 12 heteroatoms. The van der Waals surface area contributed by atoms with E-state index in [9.17, 15) is 9.59 Å². The third-order valence-corrected chi connectivity index (χ3v) is 6.39. The molecule has 210 valence electrons. The first-order chi connectivity index (χ1) is 19.5. The molecule has 4 aromatic rings. The van der Waals surface area contributed by atoms with Crippen molar-refractivity contribution in [3.8, 4) is 23.5 Å². The fourth-order valence-electron chi connectivity index (χ4n) is 3.57. The molecule has 0 bridgehead atoms. The van der Waals surface area contributed by atoms with E-state index in [2.05, 4.69) is 45.2 Å². The number of benzene rings is 2. The fourth-order valence-corrected chi connectivity index (χ4v) is 3.99. The lowest BCUT2D eigenvalue weighted by Crippen LogP contribution is -2.26. The van der Waals surface area contributed by atoms with E-state index in [0.717, 1.165) is 22.6 Å². The number of hydrogen-bond acceptors (Lipinski definition) is 10. The topological polar surface area (TPSA) is 128 Å². The first kappa shape index (κ1) is 29.1. The molecule has 0 radical (unpaired) electrons. The van der Waals surface area contributed by atoms with E-state index >= 15 is 0 Å². The molecule has 2 aromatic heterocycles.